The van der Waals surface area contributed by atoms with E-state index in [1.54, 1.807) is 0 Å². The summed E-state index contributed by atoms with van der Waals surface area (Å²) in [6.45, 7) is 6.87. The number of nitrogens with zero attached hydrogens (tertiary/aromatic N) is 1. The fraction of sp³-hybridized carbons (Fsp3) is 1.00. The van der Waals surface area contributed by atoms with Gasteiger partial charge in [-0.2, -0.15) is 0 Å². The van der Waals surface area contributed by atoms with Crippen LogP contribution in [0.4, 0.5) is 0 Å². The molecule has 0 aromatic heterocycles. The summed E-state index contributed by atoms with van der Waals surface area (Å²) in [5.41, 5.74) is 0. The summed E-state index contributed by atoms with van der Waals surface area (Å²) >= 11 is 0. The Balaban J connectivity index is 3.60. The van der Waals surface area contributed by atoms with Crippen LogP contribution >= 0.6 is 0 Å². The van der Waals surface area contributed by atoms with Crippen LogP contribution in [0.1, 0.15) is 117 Å². The lowest BCUT2D eigenvalue weighted by Gasteiger charge is -2.17. The zero-order valence-corrected chi connectivity index (χ0v) is 17.9. The molecule has 0 amide bonds. The Labute approximate surface area is 159 Å². The van der Waals surface area contributed by atoms with E-state index in [0.717, 1.165) is 19.0 Å². The summed E-state index contributed by atoms with van der Waals surface area (Å²) in [5.74, 6) is 1.00. The number of hydrogen-bond acceptors (Lipinski definition) is 2. The van der Waals surface area contributed by atoms with E-state index in [9.17, 15) is 0 Å². The topological polar surface area (TPSA) is 23.5 Å². The van der Waals surface area contributed by atoms with Crippen molar-refractivity contribution in [3.63, 3.8) is 0 Å². The average molecular weight is 356 g/mol. The van der Waals surface area contributed by atoms with Gasteiger partial charge < -0.3 is 10.0 Å². The number of aliphatic hydroxyl groups is 1. The highest BCUT2D eigenvalue weighted by atomic mass is 16.3. The van der Waals surface area contributed by atoms with Crippen LogP contribution in [0, 0.1) is 5.92 Å². The molecule has 2 nitrogen and oxygen atoms in total. The molecule has 0 saturated heterocycles. The Morgan fingerprint density at radius 1 is 0.600 bits per heavy atom. The van der Waals surface area contributed by atoms with Gasteiger partial charge in [0.25, 0.3) is 0 Å². The predicted octanol–water partition coefficient (Wildman–Crippen LogP) is 6.81. The average Bonchev–Trinajstić information content (AvgIpc) is 2.61. The SMILES string of the molecule is CCCCCCCCC(CCCC)CCCCCCCN(C)CCO. The van der Waals surface area contributed by atoms with Crippen molar-refractivity contribution < 1.29 is 5.11 Å². The van der Waals surface area contributed by atoms with Crippen LogP contribution in [0.25, 0.3) is 0 Å². The number of hydrogen-bond donors (Lipinski definition) is 1. The molecule has 0 saturated carbocycles. The van der Waals surface area contributed by atoms with Gasteiger partial charge in [-0.3, -0.25) is 0 Å². The van der Waals surface area contributed by atoms with Crippen molar-refractivity contribution in [2.75, 3.05) is 26.7 Å². The first-order valence-corrected chi connectivity index (χ1v) is 11.5. The molecule has 1 atom stereocenters. The van der Waals surface area contributed by atoms with E-state index >= 15 is 0 Å². The van der Waals surface area contributed by atoms with E-state index in [0.29, 0.717) is 0 Å². The number of rotatable bonds is 20. The molecular formula is C23H49NO. The van der Waals surface area contributed by atoms with Crippen molar-refractivity contribution in [2.24, 2.45) is 5.92 Å². The fourth-order valence-electron chi connectivity index (χ4n) is 3.77. The van der Waals surface area contributed by atoms with Crippen molar-refractivity contribution in [1.29, 1.82) is 0 Å². The Bertz CT molecular complexity index is 244. The molecule has 0 aromatic rings. The van der Waals surface area contributed by atoms with Crippen LogP contribution in [0.5, 0.6) is 0 Å². The molecule has 0 bridgehead atoms. The van der Waals surface area contributed by atoms with Gasteiger partial charge in [0.1, 0.15) is 0 Å². The van der Waals surface area contributed by atoms with Gasteiger partial charge in [0.15, 0.2) is 0 Å². The summed E-state index contributed by atoms with van der Waals surface area (Å²) in [4.78, 5) is 2.24. The molecular weight excluding hydrogens is 306 g/mol. The van der Waals surface area contributed by atoms with Crippen LogP contribution < -0.4 is 0 Å². The zero-order valence-electron chi connectivity index (χ0n) is 17.9. The largest absolute Gasteiger partial charge is 0.395 e. The first kappa shape index (κ1) is 24.9. The van der Waals surface area contributed by atoms with E-state index < -0.39 is 0 Å². The lowest BCUT2D eigenvalue weighted by molar-refractivity contribution is 0.219. The molecule has 0 spiro atoms. The normalized spacial score (nSPS) is 12.8. The minimum absolute atomic E-state index is 0.286. The molecule has 0 aliphatic heterocycles. The molecule has 1 unspecified atom stereocenters. The Morgan fingerprint density at radius 2 is 1.08 bits per heavy atom. The summed E-state index contributed by atoms with van der Waals surface area (Å²) in [6.07, 6.45) is 22.7. The number of likely N-dealkylation sites (N-methyl/N-ethyl adjacent to an activating group) is 1. The van der Waals surface area contributed by atoms with E-state index in [2.05, 4.69) is 25.8 Å². The van der Waals surface area contributed by atoms with Gasteiger partial charge in [0.2, 0.25) is 0 Å². The quantitative estimate of drug-likeness (QED) is 0.242. The molecule has 2 heteroatoms. The second-order valence-electron chi connectivity index (χ2n) is 8.15. The number of aliphatic hydroxyl groups excluding tert-OH is 1. The van der Waals surface area contributed by atoms with Crippen molar-refractivity contribution in [3.8, 4) is 0 Å². The van der Waals surface area contributed by atoms with Gasteiger partial charge in [-0.05, 0) is 25.9 Å². The van der Waals surface area contributed by atoms with Gasteiger partial charge >= 0.3 is 0 Å². The summed E-state index contributed by atoms with van der Waals surface area (Å²) in [7, 11) is 2.11. The van der Waals surface area contributed by atoms with E-state index in [1.807, 2.05) is 0 Å². The maximum absolute atomic E-state index is 8.90. The predicted molar refractivity (Wildman–Crippen MR) is 113 cm³/mol. The number of unbranched alkanes of at least 4 members (excludes halogenated alkanes) is 10. The summed E-state index contributed by atoms with van der Waals surface area (Å²) in [6, 6.07) is 0. The van der Waals surface area contributed by atoms with E-state index in [-0.39, 0.29) is 6.61 Å². The molecule has 0 heterocycles. The molecule has 1 N–H and O–H groups in total. The van der Waals surface area contributed by atoms with Crippen LogP contribution in [-0.4, -0.2) is 36.8 Å². The van der Waals surface area contributed by atoms with Crippen molar-refractivity contribution in [2.45, 2.75) is 117 Å². The monoisotopic (exact) mass is 355 g/mol. The fourth-order valence-corrected chi connectivity index (χ4v) is 3.77. The molecule has 0 aromatic carbocycles. The lowest BCUT2D eigenvalue weighted by Crippen LogP contribution is -2.23. The lowest BCUT2D eigenvalue weighted by atomic mass is 9.90. The molecule has 0 aliphatic rings. The zero-order chi connectivity index (χ0) is 18.6. The Hall–Kier alpha value is -0.0800. The first-order chi connectivity index (χ1) is 12.2. The third-order valence-corrected chi connectivity index (χ3v) is 5.57. The molecule has 25 heavy (non-hydrogen) atoms. The summed E-state index contributed by atoms with van der Waals surface area (Å²) < 4.78 is 0. The standard InChI is InChI=1S/C23H49NO/c1-4-6-8-9-11-14-18-23(17-7-5-2)19-15-12-10-13-16-20-24(3)21-22-25/h23,25H,4-22H2,1-3H3. The third kappa shape index (κ3) is 18.5. The van der Waals surface area contributed by atoms with E-state index in [4.69, 9.17) is 5.11 Å². The minimum atomic E-state index is 0.286. The van der Waals surface area contributed by atoms with Crippen molar-refractivity contribution >= 4 is 0 Å². The van der Waals surface area contributed by atoms with Crippen LogP contribution in [0.3, 0.4) is 0 Å². The smallest absolute Gasteiger partial charge is 0.0558 e. The van der Waals surface area contributed by atoms with E-state index in [1.165, 1.54) is 103 Å². The molecule has 152 valence electrons. The van der Waals surface area contributed by atoms with Crippen LogP contribution in [-0.2, 0) is 0 Å². The second kappa shape index (κ2) is 20.2. The van der Waals surface area contributed by atoms with Crippen LogP contribution in [0.2, 0.25) is 0 Å². The van der Waals surface area contributed by atoms with Gasteiger partial charge in [0.05, 0.1) is 6.61 Å². The van der Waals surface area contributed by atoms with Gasteiger partial charge in [-0.15, -0.1) is 0 Å². The highest BCUT2D eigenvalue weighted by molar-refractivity contribution is 4.61. The summed E-state index contributed by atoms with van der Waals surface area (Å²) in [5, 5.41) is 8.90. The maximum Gasteiger partial charge on any atom is 0.0558 e. The minimum Gasteiger partial charge on any atom is -0.395 e. The van der Waals surface area contributed by atoms with Gasteiger partial charge in [-0.25, -0.2) is 0 Å². The first-order valence-electron chi connectivity index (χ1n) is 11.5. The van der Waals surface area contributed by atoms with Gasteiger partial charge in [0, 0.05) is 6.54 Å². The Kier molecular flexibility index (Phi) is 20.2. The van der Waals surface area contributed by atoms with Crippen molar-refractivity contribution in [1.82, 2.24) is 4.90 Å². The van der Waals surface area contributed by atoms with Crippen molar-refractivity contribution in [3.05, 3.63) is 0 Å². The molecule has 0 radical (unpaired) electrons. The third-order valence-electron chi connectivity index (χ3n) is 5.57. The van der Waals surface area contributed by atoms with Gasteiger partial charge in [-0.1, -0.05) is 110 Å². The second-order valence-corrected chi connectivity index (χ2v) is 8.15. The maximum atomic E-state index is 8.90. The highest BCUT2D eigenvalue weighted by Gasteiger charge is 2.08. The molecule has 0 fully saturated rings. The van der Waals surface area contributed by atoms with Crippen LogP contribution in [0.15, 0.2) is 0 Å². The molecule has 0 aliphatic carbocycles. The Morgan fingerprint density at radius 3 is 1.64 bits per heavy atom. The molecule has 0 rings (SSSR count). The highest BCUT2D eigenvalue weighted by Crippen LogP contribution is 2.23.